The quantitative estimate of drug-likeness (QED) is 0.427. The van der Waals surface area contributed by atoms with E-state index in [0.29, 0.717) is 22.3 Å². The van der Waals surface area contributed by atoms with Gasteiger partial charge in [0.15, 0.2) is 4.77 Å². The summed E-state index contributed by atoms with van der Waals surface area (Å²) in [7, 11) is 0. The van der Waals surface area contributed by atoms with Gasteiger partial charge in [0.25, 0.3) is 5.91 Å². The highest BCUT2D eigenvalue weighted by Gasteiger charge is 2.27. The summed E-state index contributed by atoms with van der Waals surface area (Å²) in [5.41, 5.74) is 4.57. The molecule has 1 amide bonds. The molecule has 2 aromatic carbocycles. The molecule has 1 aliphatic rings. The van der Waals surface area contributed by atoms with Gasteiger partial charge in [0.05, 0.1) is 35.4 Å². The zero-order chi connectivity index (χ0) is 20.7. The Labute approximate surface area is 177 Å². The summed E-state index contributed by atoms with van der Waals surface area (Å²) >= 11 is 5.10. The Hall–Kier alpha value is -3.26. The third kappa shape index (κ3) is 3.43. The van der Waals surface area contributed by atoms with Gasteiger partial charge in [0, 0.05) is 11.3 Å². The molecule has 6 nitrogen and oxygen atoms in total. The van der Waals surface area contributed by atoms with Crippen molar-refractivity contribution in [3.05, 3.63) is 81.6 Å². The first-order chi connectivity index (χ1) is 14.6. The van der Waals surface area contributed by atoms with Crippen molar-refractivity contribution in [1.29, 1.82) is 0 Å². The summed E-state index contributed by atoms with van der Waals surface area (Å²) in [4.78, 5) is 18.8. The average molecular weight is 422 g/mol. The number of imidazole rings is 1. The number of halogens is 1. The molecule has 0 fully saturated rings. The van der Waals surface area contributed by atoms with Crippen LogP contribution in [0.2, 0.25) is 0 Å². The van der Waals surface area contributed by atoms with Crippen LogP contribution < -0.4 is 5.32 Å². The van der Waals surface area contributed by atoms with Crippen molar-refractivity contribution in [3.8, 4) is 0 Å². The molecule has 8 heteroatoms. The van der Waals surface area contributed by atoms with Crippen LogP contribution in [-0.4, -0.2) is 25.7 Å². The van der Waals surface area contributed by atoms with Crippen LogP contribution in [-0.2, 0) is 13.0 Å². The van der Waals surface area contributed by atoms with Gasteiger partial charge in [-0.3, -0.25) is 9.48 Å². The Balaban J connectivity index is 1.42. The van der Waals surface area contributed by atoms with Gasteiger partial charge < -0.3 is 15.3 Å². The minimum Gasteiger partial charge on any atom is -0.345 e. The molecule has 0 bridgehead atoms. The molecular formula is C22H20FN5OS. The van der Waals surface area contributed by atoms with Gasteiger partial charge in [-0.15, -0.1) is 0 Å². The summed E-state index contributed by atoms with van der Waals surface area (Å²) < 4.78 is 16.4. The molecule has 2 heterocycles. The number of nitrogens with one attached hydrogen (secondary N) is 3. The Bertz CT molecular complexity index is 1290. The van der Waals surface area contributed by atoms with Crippen LogP contribution >= 0.6 is 12.2 Å². The first kappa shape index (κ1) is 18.7. The highest BCUT2D eigenvalue weighted by molar-refractivity contribution is 7.71. The van der Waals surface area contributed by atoms with E-state index >= 15 is 0 Å². The van der Waals surface area contributed by atoms with E-state index < -0.39 is 5.82 Å². The van der Waals surface area contributed by atoms with Crippen molar-refractivity contribution >= 4 is 29.2 Å². The van der Waals surface area contributed by atoms with Crippen molar-refractivity contribution < 1.29 is 9.18 Å². The monoisotopic (exact) mass is 421 g/mol. The van der Waals surface area contributed by atoms with Crippen LogP contribution in [0.4, 0.5) is 4.39 Å². The minimum absolute atomic E-state index is 0.161. The number of carbonyl (C=O) groups excluding carboxylic acids is 1. The van der Waals surface area contributed by atoms with Gasteiger partial charge in [-0.1, -0.05) is 30.3 Å². The van der Waals surface area contributed by atoms with E-state index in [-0.39, 0.29) is 17.5 Å². The molecule has 4 aromatic rings. The fourth-order valence-corrected chi connectivity index (χ4v) is 4.40. The summed E-state index contributed by atoms with van der Waals surface area (Å²) in [6.07, 6.45) is 4.53. The number of aromatic nitrogens is 4. The first-order valence-corrected chi connectivity index (χ1v) is 10.3. The summed E-state index contributed by atoms with van der Waals surface area (Å²) in [5.74, 6) is -0.823. The molecule has 1 atom stereocenters. The van der Waals surface area contributed by atoms with E-state index in [0.717, 1.165) is 30.5 Å². The van der Waals surface area contributed by atoms with E-state index in [9.17, 15) is 9.18 Å². The van der Waals surface area contributed by atoms with Crippen LogP contribution in [0, 0.1) is 10.6 Å². The first-order valence-electron chi connectivity index (χ1n) is 9.89. The third-order valence-corrected chi connectivity index (χ3v) is 5.78. The number of carbonyl (C=O) groups is 1. The maximum Gasteiger partial charge on any atom is 0.254 e. The zero-order valence-corrected chi connectivity index (χ0v) is 16.9. The van der Waals surface area contributed by atoms with E-state index in [4.69, 9.17) is 12.2 Å². The van der Waals surface area contributed by atoms with Gasteiger partial charge in [0.1, 0.15) is 5.82 Å². The van der Waals surface area contributed by atoms with Gasteiger partial charge >= 0.3 is 0 Å². The lowest BCUT2D eigenvalue weighted by Gasteiger charge is -2.24. The summed E-state index contributed by atoms with van der Waals surface area (Å²) in [6, 6.07) is 12.6. The average Bonchev–Trinajstić information content (AvgIpc) is 3.31. The van der Waals surface area contributed by atoms with Gasteiger partial charge in [-0.2, -0.15) is 5.10 Å². The number of nitrogens with zero attached hydrogens (tertiary/aromatic N) is 2. The third-order valence-electron chi connectivity index (χ3n) is 5.58. The number of hydrogen-bond donors (Lipinski definition) is 3. The lowest BCUT2D eigenvalue weighted by Crippen LogP contribution is -2.31. The molecule has 2 aromatic heterocycles. The molecule has 1 aliphatic carbocycles. The van der Waals surface area contributed by atoms with Crippen LogP contribution in [0.5, 0.6) is 0 Å². The lowest BCUT2D eigenvalue weighted by atomic mass is 9.92. The van der Waals surface area contributed by atoms with Crippen molar-refractivity contribution in [2.75, 3.05) is 0 Å². The lowest BCUT2D eigenvalue weighted by molar-refractivity contribution is 0.0933. The molecule has 0 saturated carbocycles. The molecule has 30 heavy (non-hydrogen) atoms. The molecular weight excluding hydrogens is 401 g/mol. The second-order valence-electron chi connectivity index (χ2n) is 7.56. The maximum atomic E-state index is 14.0. The molecule has 0 spiro atoms. The Morgan fingerprint density at radius 2 is 2.10 bits per heavy atom. The predicted molar refractivity (Wildman–Crippen MR) is 114 cm³/mol. The van der Waals surface area contributed by atoms with Crippen LogP contribution in [0.1, 0.15) is 46.1 Å². The van der Waals surface area contributed by atoms with E-state index in [2.05, 4.69) is 32.5 Å². The minimum atomic E-state index is -0.488. The molecule has 5 rings (SSSR count). The second-order valence-corrected chi connectivity index (χ2v) is 7.97. The SMILES string of the molecule is O=C(NC1CCCc2c1cnn2Cc1ccccc1)c1cc(F)cc2[nH]c(=S)[nH]c12. The second kappa shape index (κ2) is 7.53. The van der Waals surface area contributed by atoms with Crippen molar-refractivity contribution in [1.82, 2.24) is 25.1 Å². The number of benzene rings is 2. The van der Waals surface area contributed by atoms with Crippen molar-refractivity contribution in [2.24, 2.45) is 0 Å². The number of hydrogen-bond acceptors (Lipinski definition) is 3. The number of amides is 1. The Kier molecular flexibility index (Phi) is 4.71. The summed E-state index contributed by atoms with van der Waals surface area (Å²) in [5, 5.41) is 7.64. The zero-order valence-electron chi connectivity index (χ0n) is 16.1. The number of rotatable bonds is 4. The predicted octanol–water partition coefficient (Wildman–Crippen LogP) is 4.42. The molecule has 0 saturated heterocycles. The fraction of sp³-hybridized carbons (Fsp3) is 0.227. The maximum absolute atomic E-state index is 14.0. The van der Waals surface area contributed by atoms with E-state index in [1.54, 1.807) is 0 Å². The fourth-order valence-electron chi connectivity index (χ4n) is 4.18. The van der Waals surface area contributed by atoms with E-state index in [1.165, 1.54) is 17.7 Å². The standard InChI is InChI=1S/C22H20FN5OS/c23-14-9-15(20-18(10-14)26-22(30)27-20)21(29)25-17-7-4-8-19-16(17)11-24-28(19)12-13-5-2-1-3-6-13/h1-3,5-6,9-11,17H,4,7-8,12H2,(H,25,29)(H2,26,27,30). The normalized spacial score (nSPS) is 15.8. The largest absolute Gasteiger partial charge is 0.345 e. The van der Waals surface area contributed by atoms with Gasteiger partial charge in [-0.25, -0.2) is 4.39 Å². The smallest absolute Gasteiger partial charge is 0.254 e. The highest BCUT2D eigenvalue weighted by atomic mass is 32.1. The van der Waals surface area contributed by atoms with E-state index in [1.807, 2.05) is 29.1 Å². The van der Waals surface area contributed by atoms with Crippen LogP contribution in [0.25, 0.3) is 11.0 Å². The number of aromatic amines is 2. The molecule has 3 N–H and O–H groups in total. The van der Waals surface area contributed by atoms with Crippen molar-refractivity contribution in [3.63, 3.8) is 0 Å². The van der Waals surface area contributed by atoms with Crippen molar-refractivity contribution in [2.45, 2.75) is 31.8 Å². The van der Waals surface area contributed by atoms with Gasteiger partial charge in [-0.05, 0) is 49.2 Å². The number of fused-ring (bicyclic) bond motifs is 2. The Morgan fingerprint density at radius 1 is 1.27 bits per heavy atom. The number of H-pyrrole nitrogens is 2. The topological polar surface area (TPSA) is 78.5 Å². The highest BCUT2D eigenvalue weighted by Crippen LogP contribution is 2.30. The molecule has 152 valence electrons. The van der Waals surface area contributed by atoms with Crippen LogP contribution in [0.3, 0.4) is 0 Å². The molecule has 1 unspecified atom stereocenters. The Morgan fingerprint density at radius 3 is 2.93 bits per heavy atom. The molecule has 0 radical (unpaired) electrons. The summed E-state index contributed by atoms with van der Waals surface area (Å²) in [6.45, 7) is 0.696. The van der Waals surface area contributed by atoms with Crippen LogP contribution in [0.15, 0.2) is 48.7 Å². The molecule has 0 aliphatic heterocycles. The van der Waals surface area contributed by atoms with Gasteiger partial charge in [0.2, 0.25) is 0 Å².